The van der Waals surface area contributed by atoms with Crippen LogP contribution in [0.5, 0.6) is 0 Å². The first-order chi connectivity index (χ1) is 15.1. The summed E-state index contributed by atoms with van der Waals surface area (Å²) in [5, 5.41) is 4.28. The zero-order chi connectivity index (χ0) is 21.1. The summed E-state index contributed by atoms with van der Waals surface area (Å²) in [6.45, 7) is 0. The van der Waals surface area contributed by atoms with E-state index >= 15 is 0 Å². The standard InChI is InChI=1S/C24H13FN2O3S/c25-15-8-5-14(6-9-15)19-18-20(28)17-10-7-13-3-1-2-4-16(13)21(17)30-22(18)23(29)27(19)24-26-11-12-31-24/h1-12,19H. The summed E-state index contributed by atoms with van der Waals surface area (Å²) in [5.74, 6) is -0.837. The van der Waals surface area contributed by atoms with Crippen molar-refractivity contribution in [1.82, 2.24) is 4.98 Å². The minimum Gasteiger partial charge on any atom is -0.450 e. The van der Waals surface area contributed by atoms with Crippen molar-refractivity contribution in [2.45, 2.75) is 6.04 Å². The zero-order valence-electron chi connectivity index (χ0n) is 15.9. The van der Waals surface area contributed by atoms with E-state index in [1.54, 1.807) is 29.8 Å². The Morgan fingerprint density at radius 3 is 2.55 bits per heavy atom. The predicted molar refractivity (Wildman–Crippen MR) is 117 cm³/mol. The quantitative estimate of drug-likeness (QED) is 0.358. The van der Waals surface area contributed by atoms with Crippen LogP contribution in [0.2, 0.25) is 0 Å². The molecule has 1 amide bonds. The highest BCUT2D eigenvalue weighted by Gasteiger charge is 2.44. The maximum atomic E-state index is 13.6. The highest BCUT2D eigenvalue weighted by molar-refractivity contribution is 7.13. The fourth-order valence-corrected chi connectivity index (χ4v) is 4.86. The van der Waals surface area contributed by atoms with Crippen LogP contribution in [-0.4, -0.2) is 10.9 Å². The monoisotopic (exact) mass is 428 g/mol. The first-order valence-electron chi connectivity index (χ1n) is 9.60. The molecule has 1 unspecified atom stereocenters. The summed E-state index contributed by atoms with van der Waals surface area (Å²) in [4.78, 5) is 32.8. The second-order valence-corrected chi connectivity index (χ2v) is 8.15. The third kappa shape index (κ3) is 2.56. The number of carbonyl (C=O) groups excluding carboxylic acids is 1. The van der Waals surface area contributed by atoms with E-state index in [4.69, 9.17) is 4.42 Å². The number of hydrogen-bond donors (Lipinski definition) is 0. The number of fused-ring (bicyclic) bond motifs is 4. The van der Waals surface area contributed by atoms with E-state index in [0.717, 1.165) is 10.8 Å². The first kappa shape index (κ1) is 18.0. The number of hydrogen-bond acceptors (Lipinski definition) is 5. The maximum Gasteiger partial charge on any atom is 0.297 e. The van der Waals surface area contributed by atoms with E-state index in [-0.39, 0.29) is 16.8 Å². The van der Waals surface area contributed by atoms with Gasteiger partial charge in [0, 0.05) is 17.0 Å². The minimum absolute atomic E-state index is 0.00150. The van der Waals surface area contributed by atoms with Gasteiger partial charge < -0.3 is 4.42 Å². The zero-order valence-corrected chi connectivity index (χ0v) is 16.7. The Labute approximate surface area is 179 Å². The van der Waals surface area contributed by atoms with E-state index in [2.05, 4.69) is 4.98 Å². The molecule has 0 spiro atoms. The van der Waals surface area contributed by atoms with Crippen molar-refractivity contribution in [2.75, 3.05) is 4.90 Å². The summed E-state index contributed by atoms with van der Waals surface area (Å²) >= 11 is 1.29. The van der Waals surface area contributed by atoms with Gasteiger partial charge >= 0.3 is 0 Å². The van der Waals surface area contributed by atoms with E-state index < -0.39 is 17.8 Å². The molecule has 1 aliphatic heterocycles. The molecule has 5 aromatic rings. The molecular weight excluding hydrogens is 415 g/mol. The van der Waals surface area contributed by atoms with Gasteiger partial charge in [0.05, 0.1) is 17.0 Å². The summed E-state index contributed by atoms with van der Waals surface area (Å²) < 4.78 is 19.7. The minimum atomic E-state index is -0.749. The van der Waals surface area contributed by atoms with Crippen LogP contribution in [0.4, 0.5) is 9.52 Å². The van der Waals surface area contributed by atoms with Crippen molar-refractivity contribution in [3.05, 3.63) is 105 Å². The summed E-state index contributed by atoms with van der Waals surface area (Å²) in [6, 6.07) is 16.2. The van der Waals surface area contributed by atoms with Crippen molar-refractivity contribution >= 4 is 44.1 Å². The molecule has 0 saturated heterocycles. The van der Waals surface area contributed by atoms with Crippen LogP contribution >= 0.6 is 11.3 Å². The van der Waals surface area contributed by atoms with Crippen LogP contribution < -0.4 is 10.3 Å². The maximum absolute atomic E-state index is 13.6. The molecular formula is C24H13FN2O3S. The number of benzene rings is 3. The molecule has 31 heavy (non-hydrogen) atoms. The largest absolute Gasteiger partial charge is 0.450 e. The van der Waals surface area contributed by atoms with E-state index in [0.29, 0.717) is 21.7 Å². The van der Waals surface area contributed by atoms with Gasteiger partial charge in [-0.05, 0) is 29.1 Å². The molecule has 150 valence electrons. The van der Waals surface area contributed by atoms with Gasteiger partial charge in [0.15, 0.2) is 10.6 Å². The number of carbonyl (C=O) groups is 1. The van der Waals surface area contributed by atoms with Gasteiger partial charge in [-0.15, -0.1) is 11.3 Å². The Kier molecular flexibility index (Phi) is 3.82. The molecule has 7 heteroatoms. The van der Waals surface area contributed by atoms with Gasteiger partial charge in [-0.25, -0.2) is 9.37 Å². The van der Waals surface area contributed by atoms with Gasteiger partial charge in [-0.1, -0.05) is 42.5 Å². The van der Waals surface area contributed by atoms with E-state index in [9.17, 15) is 14.0 Å². The summed E-state index contributed by atoms with van der Waals surface area (Å²) in [6.07, 6.45) is 1.59. The summed E-state index contributed by atoms with van der Waals surface area (Å²) in [7, 11) is 0. The van der Waals surface area contributed by atoms with Crippen LogP contribution in [-0.2, 0) is 0 Å². The van der Waals surface area contributed by atoms with E-state index in [1.165, 1.54) is 28.4 Å². The lowest BCUT2D eigenvalue weighted by Gasteiger charge is -2.22. The molecule has 0 N–H and O–H groups in total. The lowest BCUT2D eigenvalue weighted by molar-refractivity contribution is 0.0971. The number of aromatic nitrogens is 1. The third-order valence-electron chi connectivity index (χ3n) is 5.57. The predicted octanol–water partition coefficient (Wildman–Crippen LogP) is 5.29. The SMILES string of the molecule is O=C1c2oc3c(ccc4ccccc43)c(=O)c2C(c2ccc(F)cc2)N1c1nccs1. The molecule has 0 aliphatic carbocycles. The fourth-order valence-electron chi connectivity index (χ4n) is 4.19. The third-order valence-corrected chi connectivity index (χ3v) is 6.34. The lowest BCUT2D eigenvalue weighted by Crippen LogP contribution is -2.29. The molecule has 0 saturated carbocycles. The molecule has 0 fully saturated rings. The molecule has 0 bridgehead atoms. The molecule has 3 heterocycles. The van der Waals surface area contributed by atoms with Gasteiger partial charge in [-0.2, -0.15) is 0 Å². The first-order valence-corrected chi connectivity index (χ1v) is 10.5. The normalized spacial score (nSPS) is 15.7. The number of nitrogens with zero attached hydrogens (tertiary/aromatic N) is 2. The second-order valence-electron chi connectivity index (χ2n) is 7.28. The van der Waals surface area contributed by atoms with E-state index in [1.807, 2.05) is 30.3 Å². The van der Waals surface area contributed by atoms with Gasteiger partial charge in [0.25, 0.3) is 5.91 Å². The van der Waals surface area contributed by atoms with Crippen LogP contribution in [0.25, 0.3) is 21.7 Å². The fraction of sp³-hybridized carbons (Fsp3) is 0.0417. The highest BCUT2D eigenvalue weighted by atomic mass is 32.1. The number of amides is 1. The lowest BCUT2D eigenvalue weighted by atomic mass is 9.97. The average Bonchev–Trinajstić information content (AvgIpc) is 3.41. The molecule has 1 aliphatic rings. The van der Waals surface area contributed by atoms with Crippen molar-refractivity contribution in [1.29, 1.82) is 0 Å². The molecule has 3 aromatic carbocycles. The van der Waals surface area contributed by atoms with Crippen molar-refractivity contribution in [3.63, 3.8) is 0 Å². The van der Waals surface area contributed by atoms with Crippen LogP contribution in [0.15, 0.2) is 81.5 Å². The molecule has 2 aromatic heterocycles. The number of rotatable bonds is 2. The second kappa shape index (κ2) is 6.58. The van der Waals surface area contributed by atoms with Crippen LogP contribution in [0, 0.1) is 5.82 Å². The van der Waals surface area contributed by atoms with Gasteiger partial charge in [0.1, 0.15) is 11.4 Å². The molecule has 1 atom stereocenters. The number of thiazole rings is 1. The topological polar surface area (TPSA) is 63.4 Å². The van der Waals surface area contributed by atoms with Crippen LogP contribution in [0.3, 0.4) is 0 Å². The van der Waals surface area contributed by atoms with Gasteiger partial charge in [0.2, 0.25) is 5.76 Å². The Bertz CT molecular complexity index is 1540. The molecule has 0 radical (unpaired) electrons. The average molecular weight is 428 g/mol. The number of halogens is 1. The summed E-state index contributed by atoms with van der Waals surface area (Å²) in [5.41, 5.74) is 0.962. The highest BCUT2D eigenvalue weighted by Crippen LogP contribution is 2.42. The number of anilines is 1. The van der Waals surface area contributed by atoms with Crippen molar-refractivity contribution < 1.29 is 13.6 Å². The van der Waals surface area contributed by atoms with Crippen molar-refractivity contribution in [3.8, 4) is 0 Å². The Morgan fingerprint density at radius 1 is 0.968 bits per heavy atom. The Balaban J connectivity index is 1.70. The van der Waals surface area contributed by atoms with Crippen molar-refractivity contribution in [2.24, 2.45) is 0 Å². The van der Waals surface area contributed by atoms with Crippen LogP contribution in [0.1, 0.15) is 27.7 Å². The van der Waals surface area contributed by atoms with Gasteiger partial charge in [-0.3, -0.25) is 14.5 Å². The molecule has 5 nitrogen and oxygen atoms in total. The Morgan fingerprint density at radius 2 is 1.77 bits per heavy atom. The Hall–Kier alpha value is -3.84. The molecule has 6 rings (SSSR count). The smallest absolute Gasteiger partial charge is 0.297 e.